The average Bonchev–Trinajstić information content (AvgIpc) is 3.42. The second kappa shape index (κ2) is 14.7. The van der Waals surface area contributed by atoms with Gasteiger partial charge in [0.25, 0.3) is 5.91 Å². The van der Waals surface area contributed by atoms with Crippen LogP contribution in [-0.4, -0.2) is 114 Å². The molecule has 2 fully saturated rings. The lowest BCUT2D eigenvalue weighted by atomic mass is 10.0. The predicted octanol–water partition coefficient (Wildman–Crippen LogP) is 2.75. The molecule has 3 aliphatic rings. The van der Waals surface area contributed by atoms with Crippen molar-refractivity contribution < 1.29 is 27.4 Å². The number of likely N-dealkylation sites (tertiary alicyclic amines) is 1. The van der Waals surface area contributed by atoms with Gasteiger partial charge in [-0.15, -0.1) is 0 Å². The van der Waals surface area contributed by atoms with Crippen LogP contribution < -0.4 is 5.32 Å². The Labute approximate surface area is 280 Å². The van der Waals surface area contributed by atoms with Crippen molar-refractivity contribution in [2.24, 2.45) is 0 Å². The molecule has 0 radical (unpaired) electrons. The van der Waals surface area contributed by atoms with Crippen LogP contribution in [0.5, 0.6) is 0 Å². The molecule has 254 valence electrons. The zero-order chi connectivity index (χ0) is 33.1. The Bertz CT molecular complexity index is 1690. The number of piperidine rings is 1. The molecule has 3 aliphatic heterocycles. The summed E-state index contributed by atoms with van der Waals surface area (Å²) >= 11 is 6.51. The van der Waals surface area contributed by atoms with Gasteiger partial charge in [0.15, 0.2) is 0 Å². The number of hydrogen-bond donors (Lipinski definition) is 2. The number of amides is 1. The molecule has 2 N–H and O–H groups in total. The molecule has 1 amide bonds. The molecule has 47 heavy (non-hydrogen) atoms. The highest BCUT2D eigenvalue weighted by atomic mass is 35.5. The van der Waals surface area contributed by atoms with E-state index in [4.69, 9.17) is 21.4 Å². The maximum absolute atomic E-state index is 14.1. The minimum absolute atomic E-state index is 0.0547. The van der Waals surface area contributed by atoms with E-state index in [0.29, 0.717) is 47.4 Å². The van der Waals surface area contributed by atoms with Crippen LogP contribution in [0.3, 0.4) is 0 Å². The summed E-state index contributed by atoms with van der Waals surface area (Å²) < 4.78 is 48.0. The number of rotatable bonds is 10. The van der Waals surface area contributed by atoms with Gasteiger partial charge in [-0.25, -0.2) is 12.8 Å². The van der Waals surface area contributed by atoms with Crippen molar-refractivity contribution in [3.63, 3.8) is 0 Å². The van der Waals surface area contributed by atoms with Gasteiger partial charge in [0.05, 0.1) is 43.4 Å². The van der Waals surface area contributed by atoms with Crippen LogP contribution in [0.15, 0.2) is 42.5 Å². The maximum Gasteiger partial charge on any atom is 0.254 e. The normalized spacial score (nSPS) is 19.4. The molecule has 0 bridgehead atoms. The fourth-order valence-electron chi connectivity index (χ4n) is 6.87. The number of hydrogen-bond acceptors (Lipinski definition) is 8. The van der Waals surface area contributed by atoms with Gasteiger partial charge in [0, 0.05) is 73.6 Å². The Morgan fingerprint density at radius 3 is 2.57 bits per heavy atom. The molecule has 0 aliphatic carbocycles. The van der Waals surface area contributed by atoms with Crippen molar-refractivity contribution in [1.29, 1.82) is 0 Å². The van der Waals surface area contributed by atoms with Crippen molar-refractivity contribution in [2.75, 3.05) is 58.7 Å². The summed E-state index contributed by atoms with van der Waals surface area (Å²) in [5, 5.41) is 19.3. The lowest BCUT2D eigenvalue weighted by Gasteiger charge is -2.40. The summed E-state index contributed by atoms with van der Waals surface area (Å²) in [6.45, 7) is 6.75. The fourth-order valence-corrected chi connectivity index (χ4v) is 7.84. The number of carbonyl (C=O) groups is 1. The molecule has 0 saturated carbocycles. The number of carbonyl (C=O) groups excluding carboxylic acids is 1. The number of nitrogens with zero attached hydrogens (tertiary/aromatic N) is 5. The molecule has 14 heteroatoms. The molecule has 4 heterocycles. The number of fused-ring (bicyclic) bond motifs is 1. The van der Waals surface area contributed by atoms with Crippen LogP contribution in [0.1, 0.15) is 40.0 Å². The monoisotopic (exact) mass is 688 g/mol. The van der Waals surface area contributed by atoms with Crippen LogP contribution in [0.4, 0.5) is 4.39 Å². The number of aliphatic hydroxyl groups excluding tert-OH is 1. The molecule has 1 atom stereocenters. The maximum atomic E-state index is 14.1. The Morgan fingerprint density at radius 1 is 1.11 bits per heavy atom. The van der Waals surface area contributed by atoms with E-state index in [2.05, 4.69) is 15.1 Å². The quantitative estimate of drug-likeness (QED) is 0.334. The number of β-amino-alcohol motifs (C(OH)–C–C–N with tert-alkyl or cyclic N) is 1. The number of benzene rings is 2. The molecular weight excluding hydrogens is 647 g/mol. The second-order valence-electron chi connectivity index (χ2n) is 12.6. The van der Waals surface area contributed by atoms with E-state index < -0.39 is 27.9 Å². The van der Waals surface area contributed by atoms with Crippen LogP contribution in [0.25, 0.3) is 11.3 Å². The third kappa shape index (κ3) is 8.05. The predicted molar refractivity (Wildman–Crippen MR) is 177 cm³/mol. The Hall–Kier alpha value is -2.91. The van der Waals surface area contributed by atoms with Gasteiger partial charge < -0.3 is 20.1 Å². The number of sulfonamides is 1. The zero-order valence-corrected chi connectivity index (χ0v) is 28.1. The summed E-state index contributed by atoms with van der Waals surface area (Å²) in [5.74, 6) is -1.17. The summed E-state index contributed by atoms with van der Waals surface area (Å²) in [4.78, 5) is 17.5. The number of nitrogens with one attached hydrogen (secondary N) is 1. The third-order valence-electron chi connectivity index (χ3n) is 9.42. The molecule has 6 rings (SSSR count). The Kier molecular flexibility index (Phi) is 10.6. The van der Waals surface area contributed by atoms with Crippen molar-refractivity contribution in [3.05, 3.63) is 75.7 Å². The summed E-state index contributed by atoms with van der Waals surface area (Å²) in [7, 11) is -3.45. The number of aromatic nitrogens is 2. The third-order valence-corrected chi connectivity index (χ3v) is 11.0. The van der Waals surface area contributed by atoms with Crippen molar-refractivity contribution in [2.45, 2.75) is 51.0 Å². The lowest BCUT2D eigenvalue weighted by Crippen LogP contribution is -2.50. The smallest absolute Gasteiger partial charge is 0.254 e. The molecule has 11 nitrogen and oxygen atoms in total. The standard InChI is InChI=1S/C33H42ClFN6O5S/c1-47(44,45)40-13-10-31-28(22-40)32(23-6-7-29(34)24(18-23)19-36-33(43)27-4-2-3-5-30(27)35)37-41(31)21-26(42)20-38-11-8-25(9-12-38)39-14-16-46-17-15-39/h2-7,18,25-26,42H,8-17,19-22H2,1H3,(H,36,43). The van der Waals surface area contributed by atoms with Crippen molar-refractivity contribution >= 4 is 27.5 Å². The van der Waals surface area contributed by atoms with Gasteiger partial charge in [-0.2, -0.15) is 9.40 Å². The molecule has 0 spiro atoms. The minimum Gasteiger partial charge on any atom is -0.390 e. The summed E-state index contributed by atoms with van der Waals surface area (Å²) in [5.41, 5.74) is 3.53. The SMILES string of the molecule is CS(=O)(=O)N1CCc2c(c(-c3ccc(Cl)c(CNC(=O)c4ccccc4F)c3)nn2CC(O)CN2CCC(N3CCOCC3)CC2)C1. The molecule has 3 aromatic rings. The van der Waals surface area contributed by atoms with Gasteiger partial charge in [0.1, 0.15) is 5.82 Å². The highest BCUT2D eigenvalue weighted by molar-refractivity contribution is 7.88. The first kappa shape index (κ1) is 34.0. The van der Waals surface area contributed by atoms with Gasteiger partial charge in [-0.1, -0.05) is 29.8 Å². The minimum atomic E-state index is -3.45. The molecule has 1 aromatic heterocycles. The first-order chi connectivity index (χ1) is 22.6. The molecule has 2 aromatic carbocycles. The van der Waals surface area contributed by atoms with E-state index in [-0.39, 0.29) is 25.2 Å². The van der Waals surface area contributed by atoms with Crippen LogP contribution in [0.2, 0.25) is 5.02 Å². The zero-order valence-electron chi connectivity index (χ0n) is 26.6. The van der Waals surface area contributed by atoms with Gasteiger partial charge >= 0.3 is 0 Å². The first-order valence-corrected chi connectivity index (χ1v) is 18.4. The van der Waals surface area contributed by atoms with Crippen molar-refractivity contribution in [1.82, 2.24) is 29.2 Å². The fraction of sp³-hybridized carbons (Fsp3) is 0.515. The number of halogens is 2. The van der Waals surface area contributed by atoms with Gasteiger partial charge in [0.2, 0.25) is 10.0 Å². The van der Waals surface area contributed by atoms with Gasteiger partial charge in [-0.05, 0) is 55.8 Å². The molecule has 2 saturated heterocycles. The van der Waals surface area contributed by atoms with E-state index >= 15 is 0 Å². The number of ether oxygens (including phenoxy) is 1. The topological polar surface area (TPSA) is 120 Å². The molecular formula is C33H42ClFN6O5S. The number of aliphatic hydroxyl groups is 1. The van der Waals surface area contributed by atoms with E-state index in [9.17, 15) is 22.7 Å². The highest BCUT2D eigenvalue weighted by Gasteiger charge is 2.31. The summed E-state index contributed by atoms with van der Waals surface area (Å²) in [6.07, 6.45) is 3.14. The van der Waals surface area contributed by atoms with Crippen LogP contribution >= 0.6 is 11.6 Å². The largest absolute Gasteiger partial charge is 0.390 e. The Morgan fingerprint density at radius 2 is 1.85 bits per heavy atom. The van der Waals surface area contributed by atoms with E-state index in [1.165, 1.54) is 28.8 Å². The molecule has 1 unspecified atom stereocenters. The van der Waals surface area contributed by atoms with Crippen molar-refractivity contribution in [3.8, 4) is 11.3 Å². The van der Waals surface area contributed by atoms with E-state index in [1.807, 2.05) is 16.8 Å². The van der Waals surface area contributed by atoms with E-state index in [0.717, 1.165) is 63.5 Å². The van der Waals surface area contributed by atoms with Crippen LogP contribution in [0, 0.1) is 5.82 Å². The second-order valence-corrected chi connectivity index (χ2v) is 15.0. The van der Waals surface area contributed by atoms with Crippen LogP contribution in [-0.2, 0) is 40.8 Å². The first-order valence-electron chi connectivity index (χ1n) is 16.1. The lowest BCUT2D eigenvalue weighted by molar-refractivity contribution is -0.00409. The number of morpholine rings is 1. The average molecular weight is 689 g/mol. The summed E-state index contributed by atoms with van der Waals surface area (Å²) in [6, 6.07) is 11.6. The van der Waals surface area contributed by atoms with Gasteiger partial charge in [-0.3, -0.25) is 14.4 Å². The Balaban J connectivity index is 1.18. The highest BCUT2D eigenvalue weighted by Crippen LogP contribution is 2.33. The van der Waals surface area contributed by atoms with E-state index in [1.54, 1.807) is 12.1 Å².